The molecule has 0 unspecified atom stereocenters. The highest BCUT2D eigenvalue weighted by Gasteiger charge is 2.19. The normalized spacial score (nSPS) is 9.82. The predicted octanol–water partition coefficient (Wildman–Crippen LogP) is 1.70. The molecule has 0 aliphatic rings. The van der Waals surface area contributed by atoms with Gasteiger partial charge in [0.05, 0.1) is 16.9 Å². The van der Waals surface area contributed by atoms with Gasteiger partial charge in [0.25, 0.3) is 5.91 Å². The topological polar surface area (TPSA) is 118 Å². The van der Waals surface area contributed by atoms with E-state index < -0.39 is 18.5 Å². The zero-order valence-electron chi connectivity index (χ0n) is 11.6. The summed E-state index contributed by atoms with van der Waals surface area (Å²) in [5.41, 5.74) is 6.95. The molecule has 112 valence electrons. The van der Waals surface area contributed by atoms with Crippen molar-refractivity contribution in [2.45, 2.75) is 6.92 Å². The van der Waals surface area contributed by atoms with E-state index in [4.69, 9.17) is 15.7 Å². The van der Waals surface area contributed by atoms with E-state index in [1.54, 1.807) is 31.2 Å². The molecule has 0 aliphatic heterocycles. The van der Waals surface area contributed by atoms with E-state index >= 15 is 0 Å². The number of rotatable bonds is 4. The number of nitrogen functional groups attached to an aromatic ring is 1. The van der Waals surface area contributed by atoms with Gasteiger partial charge in [0.2, 0.25) is 0 Å². The lowest BCUT2D eigenvalue weighted by atomic mass is 10.2. The molecule has 3 N–H and O–H groups in total. The molecule has 0 saturated carbocycles. The molecule has 2 aromatic rings. The van der Waals surface area contributed by atoms with Gasteiger partial charge in [-0.25, -0.2) is 4.79 Å². The average Bonchev–Trinajstić information content (AvgIpc) is 2.84. The number of carbonyl (C=O) groups is 2. The van der Waals surface area contributed by atoms with E-state index in [1.165, 1.54) is 0 Å². The van der Waals surface area contributed by atoms with Crippen LogP contribution in [0, 0.1) is 18.3 Å². The number of hydrogen-bond acceptors (Lipinski definition) is 7. The number of hydrogen-bond donors (Lipinski definition) is 2. The van der Waals surface area contributed by atoms with Crippen LogP contribution in [0.1, 0.15) is 21.6 Å². The van der Waals surface area contributed by atoms with Gasteiger partial charge in [-0.15, -0.1) is 0 Å². The van der Waals surface area contributed by atoms with Crippen molar-refractivity contribution in [2.24, 2.45) is 0 Å². The van der Waals surface area contributed by atoms with Crippen LogP contribution in [0.4, 0.5) is 10.7 Å². The summed E-state index contributed by atoms with van der Waals surface area (Å²) in [6.45, 7) is 1.15. The number of anilines is 2. The number of nitriles is 1. The second-order valence-corrected chi connectivity index (χ2v) is 5.09. The van der Waals surface area contributed by atoms with Gasteiger partial charge in [-0.3, -0.25) is 4.79 Å². The Labute approximate surface area is 130 Å². The summed E-state index contributed by atoms with van der Waals surface area (Å²) in [6, 6.07) is 8.48. The van der Waals surface area contributed by atoms with Crippen LogP contribution in [-0.2, 0) is 9.53 Å². The molecule has 22 heavy (non-hydrogen) atoms. The first-order valence-corrected chi connectivity index (χ1v) is 6.98. The molecule has 0 aliphatic carbocycles. The second kappa shape index (κ2) is 6.69. The largest absolute Gasteiger partial charge is 0.452 e. The summed E-state index contributed by atoms with van der Waals surface area (Å²) in [6.07, 6.45) is 0. The number of aryl methyl sites for hydroxylation is 1. The Morgan fingerprint density at radius 3 is 2.82 bits per heavy atom. The van der Waals surface area contributed by atoms with Crippen LogP contribution in [0.15, 0.2) is 24.3 Å². The Hall–Kier alpha value is -2.92. The first-order chi connectivity index (χ1) is 10.5. The number of carbonyl (C=O) groups excluding carboxylic acids is 2. The predicted molar refractivity (Wildman–Crippen MR) is 81.3 cm³/mol. The molecule has 1 heterocycles. The molecule has 2 rings (SSSR count). The standard InChI is InChI=1S/C14H12N4O3S/c1-8-12(13(16)22-18-8)14(20)21-7-11(19)17-10-5-3-2-4-9(10)6-15/h2-5H,7,16H2,1H3,(H,17,19). The summed E-state index contributed by atoms with van der Waals surface area (Å²) < 4.78 is 8.84. The molecule has 0 saturated heterocycles. The number of aromatic nitrogens is 1. The molecule has 0 radical (unpaired) electrons. The zero-order chi connectivity index (χ0) is 16.1. The van der Waals surface area contributed by atoms with Crippen molar-refractivity contribution < 1.29 is 14.3 Å². The maximum Gasteiger partial charge on any atom is 0.343 e. The Kier molecular flexibility index (Phi) is 4.70. The Balaban J connectivity index is 1.96. The van der Waals surface area contributed by atoms with Crippen molar-refractivity contribution in [1.82, 2.24) is 4.37 Å². The minimum Gasteiger partial charge on any atom is -0.452 e. The Bertz CT molecular complexity index is 744. The van der Waals surface area contributed by atoms with Gasteiger partial charge in [-0.1, -0.05) is 12.1 Å². The molecule has 0 fully saturated rings. The second-order valence-electron chi connectivity index (χ2n) is 4.29. The highest BCUT2D eigenvalue weighted by molar-refractivity contribution is 7.10. The van der Waals surface area contributed by atoms with E-state index in [-0.39, 0.29) is 10.6 Å². The number of esters is 1. The lowest BCUT2D eigenvalue weighted by molar-refractivity contribution is -0.119. The number of nitrogens with one attached hydrogen (secondary N) is 1. The maximum absolute atomic E-state index is 11.9. The third-order valence-electron chi connectivity index (χ3n) is 2.75. The number of benzene rings is 1. The lowest BCUT2D eigenvalue weighted by Gasteiger charge is -2.07. The van der Waals surface area contributed by atoms with Crippen molar-refractivity contribution in [1.29, 1.82) is 5.26 Å². The van der Waals surface area contributed by atoms with Gasteiger partial charge in [0.1, 0.15) is 16.6 Å². The van der Waals surface area contributed by atoms with Gasteiger partial charge in [0.15, 0.2) is 6.61 Å². The quantitative estimate of drug-likeness (QED) is 0.829. The highest BCUT2D eigenvalue weighted by atomic mass is 32.1. The number of amides is 1. The monoisotopic (exact) mass is 316 g/mol. The van der Waals surface area contributed by atoms with Crippen LogP contribution in [0.2, 0.25) is 0 Å². The number of nitrogens with two attached hydrogens (primary N) is 1. The molecule has 0 atom stereocenters. The van der Waals surface area contributed by atoms with E-state index in [0.717, 1.165) is 11.5 Å². The summed E-state index contributed by atoms with van der Waals surface area (Å²) >= 11 is 0.992. The number of para-hydroxylation sites is 1. The minimum absolute atomic E-state index is 0.176. The van der Waals surface area contributed by atoms with E-state index in [0.29, 0.717) is 16.9 Å². The number of nitrogens with zero attached hydrogens (tertiary/aromatic N) is 2. The van der Waals surface area contributed by atoms with Gasteiger partial charge in [0, 0.05) is 0 Å². The van der Waals surface area contributed by atoms with Crippen molar-refractivity contribution >= 4 is 34.1 Å². The Morgan fingerprint density at radius 1 is 1.45 bits per heavy atom. The molecule has 7 nitrogen and oxygen atoms in total. The molecular weight excluding hydrogens is 304 g/mol. The van der Waals surface area contributed by atoms with Gasteiger partial charge in [-0.05, 0) is 30.6 Å². The third kappa shape index (κ3) is 3.39. The smallest absolute Gasteiger partial charge is 0.343 e. The summed E-state index contributed by atoms with van der Waals surface area (Å²) in [4.78, 5) is 23.6. The molecule has 8 heteroatoms. The molecular formula is C14H12N4O3S. The van der Waals surface area contributed by atoms with Crippen LogP contribution in [0.5, 0.6) is 0 Å². The molecule has 0 bridgehead atoms. The summed E-state index contributed by atoms with van der Waals surface area (Å²) in [5, 5.41) is 11.7. The van der Waals surface area contributed by atoms with Crippen LogP contribution in [-0.4, -0.2) is 22.9 Å². The SMILES string of the molecule is Cc1nsc(N)c1C(=O)OCC(=O)Nc1ccccc1C#N. The lowest BCUT2D eigenvalue weighted by Crippen LogP contribution is -2.21. The fourth-order valence-corrected chi connectivity index (χ4v) is 2.36. The van der Waals surface area contributed by atoms with Crippen LogP contribution >= 0.6 is 11.5 Å². The van der Waals surface area contributed by atoms with Crippen molar-refractivity contribution in [3.05, 3.63) is 41.1 Å². The van der Waals surface area contributed by atoms with E-state index in [2.05, 4.69) is 9.69 Å². The van der Waals surface area contributed by atoms with E-state index in [9.17, 15) is 9.59 Å². The first kappa shape index (κ1) is 15.5. The highest BCUT2D eigenvalue weighted by Crippen LogP contribution is 2.21. The van der Waals surface area contributed by atoms with Gasteiger partial charge >= 0.3 is 5.97 Å². The Morgan fingerprint density at radius 2 is 2.18 bits per heavy atom. The first-order valence-electron chi connectivity index (χ1n) is 6.20. The average molecular weight is 316 g/mol. The van der Waals surface area contributed by atoms with Crippen LogP contribution in [0.25, 0.3) is 0 Å². The molecule has 1 aromatic heterocycles. The fourth-order valence-electron chi connectivity index (χ4n) is 1.71. The maximum atomic E-state index is 11.9. The van der Waals surface area contributed by atoms with Gasteiger partial charge < -0.3 is 15.8 Å². The van der Waals surface area contributed by atoms with Crippen molar-refractivity contribution in [3.63, 3.8) is 0 Å². The van der Waals surface area contributed by atoms with Crippen LogP contribution < -0.4 is 11.1 Å². The van der Waals surface area contributed by atoms with Crippen molar-refractivity contribution in [3.8, 4) is 6.07 Å². The molecule has 1 amide bonds. The summed E-state index contributed by atoms with van der Waals surface area (Å²) in [5.74, 6) is -1.25. The van der Waals surface area contributed by atoms with Gasteiger partial charge in [-0.2, -0.15) is 9.64 Å². The summed E-state index contributed by atoms with van der Waals surface area (Å²) in [7, 11) is 0. The minimum atomic E-state index is -0.701. The van der Waals surface area contributed by atoms with Crippen molar-refractivity contribution in [2.75, 3.05) is 17.7 Å². The molecule has 1 aromatic carbocycles. The fraction of sp³-hybridized carbons (Fsp3) is 0.143. The van der Waals surface area contributed by atoms with E-state index in [1.807, 2.05) is 6.07 Å². The molecule has 0 spiro atoms. The third-order valence-corrected chi connectivity index (χ3v) is 3.52. The van der Waals surface area contributed by atoms with Crippen LogP contribution in [0.3, 0.4) is 0 Å². The number of ether oxygens (including phenoxy) is 1. The zero-order valence-corrected chi connectivity index (χ0v) is 12.4.